The molecule has 1 unspecified atom stereocenters. The first-order chi connectivity index (χ1) is 15.4. The Kier molecular flexibility index (Phi) is 9.25. The molecule has 0 aromatic heterocycles. The van der Waals surface area contributed by atoms with Crippen LogP contribution in [0.3, 0.4) is 0 Å². The molecule has 170 valence electrons. The van der Waals surface area contributed by atoms with Gasteiger partial charge in [0.15, 0.2) is 6.10 Å². The number of oxime groups is 1. The van der Waals surface area contributed by atoms with Crippen LogP contribution in [0.2, 0.25) is 5.02 Å². The summed E-state index contributed by atoms with van der Waals surface area (Å²) in [6, 6.07) is 14.1. The second-order valence-electron chi connectivity index (χ2n) is 8.76. The van der Waals surface area contributed by atoms with Crippen LogP contribution < -0.4 is 39.4 Å². The topological polar surface area (TPSA) is 74.2 Å². The number of aliphatic carboxylic acids is 1. The van der Waals surface area contributed by atoms with E-state index in [2.05, 4.69) is 34.3 Å². The van der Waals surface area contributed by atoms with Crippen molar-refractivity contribution < 1.29 is 49.0 Å². The van der Waals surface area contributed by atoms with Gasteiger partial charge in [-0.3, -0.25) is 4.90 Å². The van der Waals surface area contributed by atoms with Gasteiger partial charge in [-0.05, 0) is 68.6 Å². The first-order valence-corrected chi connectivity index (χ1v) is 11.5. The summed E-state index contributed by atoms with van der Waals surface area (Å²) < 4.78 is 5.70. The van der Waals surface area contributed by atoms with Gasteiger partial charge >= 0.3 is 29.6 Å². The molecule has 1 atom stereocenters. The van der Waals surface area contributed by atoms with E-state index in [9.17, 15) is 9.90 Å². The van der Waals surface area contributed by atoms with E-state index in [1.165, 1.54) is 5.56 Å². The van der Waals surface area contributed by atoms with Gasteiger partial charge in [-0.15, -0.1) is 0 Å². The second-order valence-corrected chi connectivity index (χ2v) is 9.17. The zero-order chi connectivity index (χ0) is 22.7. The number of rotatable bonds is 7. The number of benzene rings is 2. The van der Waals surface area contributed by atoms with E-state index in [1.807, 2.05) is 32.0 Å². The maximum Gasteiger partial charge on any atom is 1.00 e. The van der Waals surface area contributed by atoms with E-state index in [4.69, 9.17) is 21.2 Å². The minimum Gasteiger partial charge on any atom is -0.550 e. The van der Waals surface area contributed by atoms with Crippen LogP contribution in [0.5, 0.6) is 5.75 Å². The van der Waals surface area contributed by atoms with Gasteiger partial charge in [0, 0.05) is 24.9 Å². The molecule has 1 saturated heterocycles. The molecular formula is C25H28ClN2NaO4. The van der Waals surface area contributed by atoms with E-state index < -0.39 is 5.97 Å². The Morgan fingerprint density at radius 2 is 1.91 bits per heavy atom. The van der Waals surface area contributed by atoms with Crippen LogP contribution in [-0.4, -0.2) is 35.8 Å². The Hall–Kier alpha value is -1.57. The third-order valence-electron chi connectivity index (χ3n) is 5.97. The van der Waals surface area contributed by atoms with E-state index in [1.54, 1.807) is 0 Å². The number of carboxylic acid groups (broad SMARTS) is 1. The van der Waals surface area contributed by atoms with Crippen molar-refractivity contribution in [3.63, 3.8) is 0 Å². The van der Waals surface area contributed by atoms with Crippen molar-refractivity contribution >= 4 is 23.3 Å². The summed E-state index contributed by atoms with van der Waals surface area (Å²) in [5.41, 5.74) is 4.12. The fraction of sp³-hybridized carbons (Fsp3) is 0.440. The molecule has 0 saturated carbocycles. The number of carbonyl (C=O) groups excluding carboxylic acids is 1. The van der Waals surface area contributed by atoms with Crippen LogP contribution in [0.25, 0.3) is 0 Å². The molecule has 2 aromatic rings. The molecular weight excluding hydrogens is 451 g/mol. The van der Waals surface area contributed by atoms with Crippen LogP contribution in [0.15, 0.2) is 47.6 Å². The molecule has 8 heteroatoms. The maximum atomic E-state index is 11.0. The van der Waals surface area contributed by atoms with E-state index in [0.717, 1.165) is 36.5 Å². The normalized spacial score (nSPS) is 19.0. The number of piperidine rings is 1. The smallest absolute Gasteiger partial charge is 0.550 e. The molecule has 0 radical (unpaired) electrons. The Balaban J connectivity index is 0.00000306. The zero-order valence-corrected chi connectivity index (χ0v) is 22.2. The van der Waals surface area contributed by atoms with Gasteiger partial charge in [0.2, 0.25) is 0 Å². The van der Waals surface area contributed by atoms with Crippen molar-refractivity contribution in [2.24, 2.45) is 11.1 Å². The second kappa shape index (κ2) is 11.7. The van der Waals surface area contributed by atoms with Crippen LogP contribution in [0, 0.1) is 5.92 Å². The van der Waals surface area contributed by atoms with Crippen molar-refractivity contribution in [3.05, 3.63) is 64.2 Å². The summed E-state index contributed by atoms with van der Waals surface area (Å²) in [4.78, 5) is 19.0. The predicted octanol–water partition coefficient (Wildman–Crippen LogP) is 0.959. The monoisotopic (exact) mass is 478 g/mol. The molecule has 0 aliphatic carbocycles. The molecule has 2 heterocycles. The van der Waals surface area contributed by atoms with E-state index in [-0.39, 0.29) is 47.7 Å². The average Bonchev–Trinajstić information content (AvgIpc) is 3.26. The number of halogens is 1. The summed E-state index contributed by atoms with van der Waals surface area (Å²) in [6.07, 6.45) is 1.89. The van der Waals surface area contributed by atoms with Gasteiger partial charge < -0.3 is 19.5 Å². The Morgan fingerprint density at radius 3 is 2.52 bits per heavy atom. The minimum absolute atomic E-state index is 0. The number of ether oxygens (including phenoxy) is 1. The van der Waals surface area contributed by atoms with Crippen LogP contribution >= 0.6 is 11.6 Å². The van der Waals surface area contributed by atoms with E-state index >= 15 is 0 Å². The fourth-order valence-corrected chi connectivity index (χ4v) is 4.41. The summed E-state index contributed by atoms with van der Waals surface area (Å²) in [6.45, 7) is 6.32. The molecule has 0 bridgehead atoms. The number of nitrogens with zero attached hydrogens (tertiary/aromatic N) is 2. The van der Waals surface area contributed by atoms with Crippen molar-refractivity contribution in [2.75, 3.05) is 13.1 Å². The van der Waals surface area contributed by atoms with Crippen LogP contribution in [0.1, 0.15) is 55.9 Å². The van der Waals surface area contributed by atoms with Crippen LogP contribution in [0.4, 0.5) is 0 Å². The number of likely N-dealkylation sites (tertiary alicyclic amines) is 1. The van der Waals surface area contributed by atoms with Gasteiger partial charge in [-0.25, -0.2) is 0 Å². The average molecular weight is 479 g/mol. The minimum atomic E-state index is -0.922. The van der Waals surface area contributed by atoms with Gasteiger partial charge in [0.25, 0.3) is 0 Å². The third-order valence-corrected chi connectivity index (χ3v) is 6.27. The van der Waals surface area contributed by atoms with Crippen molar-refractivity contribution in [1.82, 2.24) is 4.90 Å². The van der Waals surface area contributed by atoms with Crippen LogP contribution in [-0.2, 0) is 16.2 Å². The maximum absolute atomic E-state index is 11.0. The molecule has 4 rings (SSSR count). The first kappa shape index (κ1) is 26.0. The van der Waals surface area contributed by atoms with Gasteiger partial charge in [0.05, 0.1) is 16.8 Å². The number of hydrogen-bond acceptors (Lipinski definition) is 6. The van der Waals surface area contributed by atoms with Gasteiger partial charge in [0.1, 0.15) is 5.75 Å². The number of carbonyl (C=O) groups is 1. The zero-order valence-electron chi connectivity index (χ0n) is 19.4. The first-order valence-electron chi connectivity index (χ1n) is 11.1. The van der Waals surface area contributed by atoms with Crippen molar-refractivity contribution in [2.45, 2.75) is 51.9 Å². The molecule has 2 aliphatic heterocycles. The standard InChI is InChI=1S/C25H29ClN2O4.Na/c1-16(2)31-23-8-7-20(13-21(23)26)24-14-22(27-32-24)18-5-3-17(4-6-18)15-28-11-9-19(10-12-28)25(29)30;/h3-8,13,16,19,24H,9-12,14-15H2,1-2H3,(H,29,30);/q;+1/p-1. The SMILES string of the molecule is CC(C)Oc1ccc(C2CC(c3ccc(CN4CCC(C(=O)[O-])CC4)cc3)=NO2)cc1Cl.[Na+]. The Labute approximate surface area is 222 Å². The fourth-order valence-electron chi connectivity index (χ4n) is 4.18. The summed E-state index contributed by atoms with van der Waals surface area (Å²) in [5.74, 6) is -0.561. The summed E-state index contributed by atoms with van der Waals surface area (Å²) in [5, 5.41) is 15.9. The quantitative estimate of drug-likeness (QED) is 0.554. The molecule has 1 fully saturated rings. The van der Waals surface area contributed by atoms with Gasteiger partial charge in [-0.1, -0.05) is 47.1 Å². The Morgan fingerprint density at radius 1 is 1.21 bits per heavy atom. The summed E-state index contributed by atoms with van der Waals surface area (Å²) in [7, 11) is 0. The largest absolute Gasteiger partial charge is 1.00 e. The molecule has 2 aliphatic rings. The molecule has 33 heavy (non-hydrogen) atoms. The molecule has 6 nitrogen and oxygen atoms in total. The Bertz CT molecular complexity index is 988. The van der Waals surface area contributed by atoms with E-state index in [0.29, 0.717) is 30.0 Å². The molecule has 0 amide bonds. The molecule has 0 spiro atoms. The molecule has 0 N–H and O–H groups in total. The van der Waals surface area contributed by atoms with Crippen molar-refractivity contribution in [1.29, 1.82) is 0 Å². The third kappa shape index (κ3) is 6.74. The number of carboxylic acids is 1. The predicted molar refractivity (Wildman–Crippen MR) is 122 cm³/mol. The van der Waals surface area contributed by atoms with Crippen molar-refractivity contribution in [3.8, 4) is 5.75 Å². The number of hydrogen-bond donors (Lipinski definition) is 0. The summed E-state index contributed by atoms with van der Waals surface area (Å²) >= 11 is 6.37. The molecule has 2 aromatic carbocycles. The van der Waals surface area contributed by atoms with Gasteiger partial charge in [-0.2, -0.15) is 0 Å².